The van der Waals surface area contributed by atoms with Gasteiger partial charge in [-0.2, -0.15) is 0 Å². The van der Waals surface area contributed by atoms with Gasteiger partial charge in [0.1, 0.15) is 12.4 Å². The van der Waals surface area contributed by atoms with E-state index < -0.39 is 6.10 Å². The van der Waals surface area contributed by atoms with E-state index in [1.807, 2.05) is 45.9 Å². The number of carbonyl (C=O) groups is 1. The molecule has 6 nitrogen and oxygen atoms in total. The topological polar surface area (TPSA) is 68.2 Å². The second kappa shape index (κ2) is 13.0. The summed E-state index contributed by atoms with van der Waals surface area (Å²) >= 11 is 0. The predicted molar refractivity (Wildman–Crippen MR) is 128 cm³/mol. The second-order valence-corrected chi connectivity index (χ2v) is 7.14. The summed E-state index contributed by atoms with van der Waals surface area (Å²) in [5, 5.41) is 8.92. The third kappa shape index (κ3) is 6.39. The molecule has 0 radical (unpaired) electrons. The van der Waals surface area contributed by atoms with Crippen LogP contribution in [0.1, 0.15) is 58.4 Å². The van der Waals surface area contributed by atoms with Crippen LogP contribution in [0.15, 0.2) is 42.5 Å². The van der Waals surface area contributed by atoms with Gasteiger partial charge in [0.15, 0.2) is 17.6 Å². The molecular weight excluding hydrogens is 406 g/mol. The molecule has 1 saturated heterocycles. The lowest BCUT2D eigenvalue weighted by Gasteiger charge is -2.19. The summed E-state index contributed by atoms with van der Waals surface area (Å²) in [5.74, 6) is 2.44. The minimum atomic E-state index is -0.483. The number of aliphatic hydroxyl groups is 1. The van der Waals surface area contributed by atoms with Crippen LogP contribution in [0, 0.1) is 0 Å². The van der Waals surface area contributed by atoms with Crippen molar-refractivity contribution in [3.8, 4) is 17.2 Å². The fourth-order valence-corrected chi connectivity index (χ4v) is 3.52. The van der Waals surface area contributed by atoms with Crippen LogP contribution < -0.4 is 19.1 Å². The van der Waals surface area contributed by atoms with Crippen molar-refractivity contribution in [3.63, 3.8) is 0 Å². The average molecular weight is 444 g/mol. The highest BCUT2D eigenvalue weighted by molar-refractivity contribution is 5.99. The van der Waals surface area contributed by atoms with Gasteiger partial charge in [-0.25, -0.2) is 0 Å². The fourth-order valence-electron chi connectivity index (χ4n) is 3.52. The Bertz CT molecular complexity index is 833. The zero-order chi connectivity index (χ0) is 23.5. The van der Waals surface area contributed by atoms with Gasteiger partial charge in [0.2, 0.25) is 0 Å². The summed E-state index contributed by atoms with van der Waals surface area (Å²) in [6.45, 7) is 8.70. The number of hydrogen-bond acceptors (Lipinski definition) is 5. The van der Waals surface area contributed by atoms with Gasteiger partial charge in [-0.1, -0.05) is 39.8 Å². The van der Waals surface area contributed by atoms with Crippen LogP contribution in [-0.4, -0.2) is 44.0 Å². The first-order valence-corrected chi connectivity index (χ1v) is 11.7. The number of methoxy groups -OCH3 is 1. The number of ether oxygens (including phenoxy) is 3. The van der Waals surface area contributed by atoms with E-state index in [1.54, 1.807) is 24.1 Å². The van der Waals surface area contributed by atoms with E-state index in [-0.39, 0.29) is 19.1 Å². The van der Waals surface area contributed by atoms with Gasteiger partial charge in [0.25, 0.3) is 5.91 Å². The SMILES string of the molecule is CC.CC.COc1cc(N2CCC(Oc3ccc(C4CC4)cc3)C2=O)ccc1OCCO. The standard InChI is InChI=1S/C22H25NO5.2C2H6/c1-26-21-14-17(6-9-19(21)27-13-12-24)23-11-10-20(22(23)25)28-18-7-4-16(5-8-18)15-2-3-15;2*1-2/h4-9,14-15,20,24H,2-3,10-13H2,1H3;2*1-2H3. The largest absolute Gasteiger partial charge is 0.493 e. The molecule has 1 aliphatic heterocycles. The number of benzene rings is 2. The minimum Gasteiger partial charge on any atom is -0.493 e. The molecule has 4 rings (SSSR count). The maximum atomic E-state index is 12.8. The Labute approximate surface area is 192 Å². The Balaban J connectivity index is 0.000000860. The number of nitrogens with zero attached hydrogens (tertiary/aromatic N) is 1. The molecule has 2 aliphatic rings. The lowest BCUT2D eigenvalue weighted by molar-refractivity contribution is -0.122. The third-order valence-corrected chi connectivity index (χ3v) is 5.17. The number of hydrogen-bond donors (Lipinski definition) is 1. The molecule has 2 aromatic carbocycles. The Kier molecular flexibility index (Phi) is 10.3. The molecule has 1 aliphatic carbocycles. The molecule has 0 spiro atoms. The van der Waals surface area contributed by atoms with Crippen LogP contribution in [0.4, 0.5) is 5.69 Å². The molecule has 1 N–H and O–H groups in total. The maximum absolute atomic E-state index is 12.8. The van der Waals surface area contributed by atoms with Gasteiger partial charge in [-0.3, -0.25) is 4.79 Å². The van der Waals surface area contributed by atoms with Crippen molar-refractivity contribution in [1.82, 2.24) is 0 Å². The summed E-state index contributed by atoms with van der Waals surface area (Å²) < 4.78 is 16.8. The molecule has 1 heterocycles. The van der Waals surface area contributed by atoms with E-state index in [4.69, 9.17) is 19.3 Å². The highest BCUT2D eigenvalue weighted by atomic mass is 16.5. The van der Waals surface area contributed by atoms with Crippen molar-refractivity contribution in [2.24, 2.45) is 0 Å². The lowest BCUT2D eigenvalue weighted by Crippen LogP contribution is -2.32. The van der Waals surface area contributed by atoms with Gasteiger partial charge < -0.3 is 24.2 Å². The van der Waals surface area contributed by atoms with Crippen LogP contribution in [-0.2, 0) is 4.79 Å². The summed E-state index contributed by atoms with van der Waals surface area (Å²) in [4.78, 5) is 14.6. The first kappa shape index (κ1) is 25.5. The summed E-state index contributed by atoms with van der Waals surface area (Å²) in [6, 6.07) is 13.5. The van der Waals surface area contributed by atoms with Crippen molar-refractivity contribution in [1.29, 1.82) is 0 Å². The molecule has 0 bridgehead atoms. The Morgan fingerprint density at radius 3 is 2.25 bits per heavy atom. The second-order valence-electron chi connectivity index (χ2n) is 7.14. The molecule has 2 aromatic rings. The molecule has 1 atom stereocenters. The van der Waals surface area contributed by atoms with Crippen LogP contribution in [0.3, 0.4) is 0 Å². The molecule has 1 amide bonds. The zero-order valence-electron chi connectivity index (χ0n) is 20.0. The molecule has 176 valence electrons. The van der Waals surface area contributed by atoms with E-state index in [0.717, 1.165) is 11.4 Å². The molecular formula is C26H37NO5. The van der Waals surface area contributed by atoms with Crippen molar-refractivity contribution in [3.05, 3.63) is 48.0 Å². The Morgan fingerprint density at radius 1 is 0.969 bits per heavy atom. The Hall–Kier alpha value is -2.73. The Morgan fingerprint density at radius 2 is 1.66 bits per heavy atom. The zero-order valence-corrected chi connectivity index (χ0v) is 20.0. The summed E-state index contributed by atoms with van der Waals surface area (Å²) in [5.41, 5.74) is 2.09. The van der Waals surface area contributed by atoms with Crippen LogP contribution >= 0.6 is 0 Å². The quantitative estimate of drug-likeness (QED) is 0.609. The molecule has 1 unspecified atom stereocenters. The van der Waals surface area contributed by atoms with Gasteiger partial charge in [-0.15, -0.1) is 0 Å². The molecule has 32 heavy (non-hydrogen) atoms. The van der Waals surface area contributed by atoms with Gasteiger partial charge in [0.05, 0.1) is 13.7 Å². The van der Waals surface area contributed by atoms with Gasteiger partial charge >= 0.3 is 0 Å². The normalized spacial score (nSPS) is 17.0. The van der Waals surface area contributed by atoms with Crippen molar-refractivity contribution >= 4 is 11.6 Å². The van der Waals surface area contributed by atoms with E-state index >= 15 is 0 Å². The average Bonchev–Trinajstić information content (AvgIpc) is 3.65. The summed E-state index contributed by atoms with van der Waals surface area (Å²) in [7, 11) is 1.55. The van der Waals surface area contributed by atoms with Gasteiger partial charge in [-0.05, 0) is 48.6 Å². The van der Waals surface area contributed by atoms with Crippen LogP contribution in [0.5, 0.6) is 17.2 Å². The van der Waals surface area contributed by atoms with Crippen molar-refractivity contribution < 1.29 is 24.1 Å². The maximum Gasteiger partial charge on any atom is 0.268 e. The van der Waals surface area contributed by atoms with Crippen molar-refractivity contribution in [2.45, 2.75) is 59.0 Å². The number of rotatable bonds is 8. The number of amides is 1. The van der Waals surface area contributed by atoms with Crippen LogP contribution in [0.25, 0.3) is 0 Å². The highest BCUT2D eigenvalue weighted by Gasteiger charge is 2.35. The molecule has 0 aromatic heterocycles. The number of aliphatic hydroxyl groups excluding tert-OH is 1. The molecule has 1 saturated carbocycles. The predicted octanol–water partition coefficient (Wildman–Crippen LogP) is 5.18. The molecule has 2 fully saturated rings. The minimum absolute atomic E-state index is 0.0580. The molecule has 6 heteroatoms. The van der Waals surface area contributed by atoms with Crippen LogP contribution in [0.2, 0.25) is 0 Å². The smallest absolute Gasteiger partial charge is 0.268 e. The first-order chi connectivity index (χ1) is 15.7. The highest BCUT2D eigenvalue weighted by Crippen LogP contribution is 2.40. The number of carbonyl (C=O) groups excluding carboxylic acids is 1. The third-order valence-electron chi connectivity index (χ3n) is 5.17. The monoisotopic (exact) mass is 443 g/mol. The van der Waals surface area contributed by atoms with Crippen molar-refractivity contribution in [2.75, 3.05) is 31.8 Å². The first-order valence-electron chi connectivity index (χ1n) is 11.7. The summed E-state index contributed by atoms with van der Waals surface area (Å²) in [6.07, 6.45) is 2.68. The van der Waals surface area contributed by atoms with Gasteiger partial charge in [0, 0.05) is 24.7 Å². The van der Waals surface area contributed by atoms with E-state index in [1.165, 1.54) is 18.4 Å². The lowest BCUT2D eigenvalue weighted by atomic mass is 10.1. The van der Waals surface area contributed by atoms with E-state index in [9.17, 15) is 4.79 Å². The number of anilines is 1. The van der Waals surface area contributed by atoms with E-state index in [2.05, 4.69) is 12.1 Å². The fraction of sp³-hybridized carbons (Fsp3) is 0.500. The van der Waals surface area contributed by atoms with E-state index in [0.29, 0.717) is 30.4 Å².